The number of hydrogen-bond donors (Lipinski definition) is 2. The van der Waals surface area contributed by atoms with Crippen LogP contribution in [-0.4, -0.2) is 36.7 Å². The first-order chi connectivity index (χ1) is 11.0. The van der Waals surface area contributed by atoms with Gasteiger partial charge in [0.05, 0.1) is 13.7 Å². The maximum absolute atomic E-state index is 12.2. The molecule has 1 aromatic carbocycles. The third kappa shape index (κ3) is 6.59. The van der Waals surface area contributed by atoms with Gasteiger partial charge in [-0.2, -0.15) is 0 Å². The fourth-order valence-corrected chi connectivity index (χ4v) is 1.97. The van der Waals surface area contributed by atoms with Crippen LogP contribution in [0.25, 0.3) is 0 Å². The van der Waals surface area contributed by atoms with Gasteiger partial charge in [-0.05, 0) is 38.0 Å². The first-order valence-corrected chi connectivity index (χ1v) is 7.81. The smallest absolute Gasteiger partial charge is 0.303 e. The Hall–Kier alpha value is -2.24. The molecule has 1 amide bonds. The summed E-state index contributed by atoms with van der Waals surface area (Å²) in [6, 6.07) is 4.79. The summed E-state index contributed by atoms with van der Waals surface area (Å²) in [5, 5.41) is 11.4. The highest BCUT2D eigenvalue weighted by molar-refractivity contribution is 5.95. The first-order valence-electron chi connectivity index (χ1n) is 7.81. The molecule has 6 heteroatoms. The van der Waals surface area contributed by atoms with Gasteiger partial charge in [-0.25, -0.2) is 0 Å². The number of carbonyl (C=O) groups excluding carboxylic acids is 1. The van der Waals surface area contributed by atoms with Crippen molar-refractivity contribution in [3.05, 3.63) is 23.8 Å². The number of carboxylic acid groups (broad SMARTS) is 1. The molecule has 0 heterocycles. The van der Waals surface area contributed by atoms with Crippen molar-refractivity contribution >= 4 is 11.9 Å². The summed E-state index contributed by atoms with van der Waals surface area (Å²) >= 11 is 0. The lowest BCUT2D eigenvalue weighted by atomic mass is 10.1. The molecule has 1 unspecified atom stereocenters. The third-order valence-electron chi connectivity index (χ3n) is 3.35. The number of aliphatic carboxylic acids is 1. The van der Waals surface area contributed by atoms with E-state index in [1.54, 1.807) is 25.1 Å². The van der Waals surface area contributed by atoms with Crippen LogP contribution in [0.15, 0.2) is 18.2 Å². The van der Waals surface area contributed by atoms with Crippen molar-refractivity contribution in [3.63, 3.8) is 0 Å². The van der Waals surface area contributed by atoms with Crippen LogP contribution in [0.3, 0.4) is 0 Å². The normalized spacial score (nSPS) is 11.6. The molecular weight excluding hydrogens is 298 g/mol. The molecule has 0 saturated heterocycles. The second-order valence-corrected chi connectivity index (χ2v) is 5.37. The Balaban J connectivity index is 2.68. The number of unbranched alkanes of at least 4 members (excludes halogenated alkanes) is 1. The molecule has 0 radical (unpaired) electrons. The molecule has 23 heavy (non-hydrogen) atoms. The molecule has 0 aliphatic heterocycles. The lowest BCUT2D eigenvalue weighted by Gasteiger charge is -2.15. The van der Waals surface area contributed by atoms with E-state index < -0.39 is 5.97 Å². The highest BCUT2D eigenvalue weighted by Crippen LogP contribution is 2.28. The van der Waals surface area contributed by atoms with Crippen molar-refractivity contribution in [2.45, 2.75) is 45.6 Å². The van der Waals surface area contributed by atoms with Crippen molar-refractivity contribution in [2.75, 3.05) is 13.7 Å². The van der Waals surface area contributed by atoms with E-state index in [9.17, 15) is 9.59 Å². The van der Waals surface area contributed by atoms with Crippen molar-refractivity contribution in [1.82, 2.24) is 5.32 Å². The fraction of sp³-hybridized carbons (Fsp3) is 0.529. The van der Waals surface area contributed by atoms with Crippen molar-refractivity contribution in [2.24, 2.45) is 0 Å². The van der Waals surface area contributed by atoms with E-state index in [1.807, 2.05) is 0 Å². The summed E-state index contributed by atoms with van der Waals surface area (Å²) in [5.74, 6) is -0.0222. The van der Waals surface area contributed by atoms with Gasteiger partial charge in [0.1, 0.15) is 0 Å². The molecule has 6 nitrogen and oxygen atoms in total. The molecule has 0 spiro atoms. The number of hydrogen-bond acceptors (Lipinski definition) is 4. The van der Waals surface area contributed by atoms with Crippen LogP contribution < -0.4 is 14.8 Å². The number of nitrogens with one attached hydrogen (secondary N) is 1. The number of benzene rings is 1. The van der Waals surface area contributed by atoms with Crippen LogP contribution in [-0.2, 0) is 4.79 Å². The average molecular weight is 323 g/mol. The zero-order chi connectivity index (χ0) is 17.2. The molecule has 0 bridgehead atoms. The van der Waals surface area contributed by atoms with Crippen molar-refractivity contribution in [1.29, 1.82) is 0 Å². The zero-order valence-electron chi connectivity index (χ0n) is 13.9. The molecule has 0 fully saturated rings. The van der Waals surface area contributed by atoms with Crippen molar-refractivity contribution < 1.29 is 24.2 Å². The Morgan fingerprint density at radius 2 is 2.04 bits per heavy atom. The lowest BCUT2D eigenvalue weighted by molar-refractivity contribution is -0.137. The molecule has 0 aromatic heterocycles. The summed E-state index contributed by atoms with van der Waals surface area (Å²) in [6.45, 7) is 4.46. The van der Waals surface area contributed by atoms with Crippen LogP contribution in [0, 0.1) is 0 Å². The SMILES string of the molecule is CCCCOc1ccc(C(=O)NC(C)CCC(=O)O)cc1OC. The molecule has 2 N–H and O–H groups in total. The van der Waals surface area contributed by atoms with Crippen LogP contribution in [0.4, 0.5) is 0 Å². The number of rotatable bonds is 10. The molecule has 128 valence electrons. The van der Waals surface area contributed by atoms with Crippen LogP contribution in [0.1, 0.15) is 49.9 Å². The van der Waals surface area contributed by atoms with E-state index >= 15 is 0 Å². The Morgan fingerprint density at radius 3 is 2.65 bits per heavy atom. The second kappa shape index (κ2) is 9.71. The zero-order valence-corrected chi connectivity index (χ0v) is 13.9. The first kappa shape index (κ1) is 18.8. The second-order valence-electron chi connectivity index (χ2n) is 5.37. The van der Waals surface area contributed by atoms with E-state index in [-0.39, 0.29) is 18.4 Å². The van der Waals surface area contributed by atoms with Gasteiger partial charge in [-0.1, -0.05) is 13.3 Å². The standard InChI is InChI=1S/C17H25NO5/c1-4-5-10-23-14-8-7-13(11-15(14)22-3)17(21)18-12(2)6-9-16(19)20/h7-8,11-12H,4-6,9-10H2,1-3H3,(H,18,21)(H,19,20). The van der Waals surface area contributed by atoms with Crippen LogP contribution >= 0.6 is 0 Å². The Kier molecular flexibility index (Phi) is 7.94. The van der Waals surface area contributed by atoms with Crippen LogP contribution in [0.2, 0.25) is 0 Å². The minimum atomic E-state index is -0.874. The number of carbonyl (C=O) groups is 2. The Bertz CT molecular complexity index is 530. The quantitative estimate of drug-likeness (QED) is 0.647. The summed E-state index contributed by atoms with van der Waals surface area (Å²) < 4.78 is 10.9. The van der Waals surface area contributed by atoms with Gasteiger partial charge in [0.2, 0.25) is 0 Å². The molecule has 1 atom stereocenters. The van der Waals surface area contributed by atoms with Crippen LogP contribution in [0.5, 0.6) is 11.5 Å². The third-order valence-corrected chi connectivity index (χ3v) is 3.35. The number of ether oxygens (including phenoxy) is 2. The predicted octanol–water partition coefficient (Wildman–Crippen LogP) is 2.86. The van der Waals surface area contributed by atoms with Gasteiger partial charge in [0.25, 0.3) is 5.91 Å². The molecule has 0 aliphatic carbocycles. The topological polar surface area (TPSA) is 84.9 Å². The highest BCUT2D eigenvalue weighted by atomic mass is 16.5. The van der Waals surface area contributed by atoms with E-state index in [1.165, 1.54) is 7.11 Å². The molecule has 0 saturated carbocycles. The molecule has 0 aliphatic rings. The van der Waals surface area contributed by atoms with Gasteiger partial charge in [-0.3, -0.25) is 9.59 Å². The number of methoxy groups -OCH3 is 1. The highest BCUT2D eigenvalue weighted by Gasteiger charge is 2.14. The van der Waals surface area contributed by atoms with Gasteiger partial charge in [0.15, 0.2) is 11.5 Å². The van der Waals surface area contributed by atoms with Crippen molar-refractivity contribution in [3.8, 4) is 11.5 Å². The van der Waals surface area contributed by atoms with E-state index in [4.69, 9.17) is 14.6 Å². The largest absolute Gasteiger partial charge is 0.493 e. The van der Waals surface area contributed by atoms with Gasteiger partial charge in [0, 0.05) is 18.0 Å². The summed E-state index contributed by atoms with van der Waals surface area (Å²) in [7, 11) is 1.53. The maximum Gasteiger partial charge on any atom is 0.303 e. The minimum Gasteiger partial charge on any atom is -0.493 e. The van der Waals surface area contributed by atoms with E-state index in [0.717, 1.165) is 12.8 Å². The van der Waals surface area contributed by atoms with Gasteiger partial charge >= 0.3 is 5.97 Å². The Morgan fingerprint density at radius 1 is 1.30 bits per heavy atom. The molecule has 1 aromatic rings. The number of amides is 1. The van der Waals surface area contributed by atoms with E-state index in [2.05, 4.69) is 12.2 Å². The summed E-state index contributed by atoms with van der Waals surface area (Å²) in [6.07, 6.45) is 2.40. The minimum absolute atomic E-state index is 0.0228. The molecule has 1 rings (SSSR count). The maximum atomic E-state index is 12.2. The Labute approximate surface area is 136 Å². The van der Waals surface area contributed by atoms with Gasteiger partial charge < -0.3 is 19.9 Å². The summed E-state index contributed by atoms with van der Waals surface area (Å²) in [5.41, 5.74) is 0.451. The number of carboxylic acids is 1. The monoisotopic (exact) mass is 323 g/mol. The average Bonchev–Trinajstić information content (AvgIpc) is 2.53. The lowest BCUT2D eigenvalue weighted by Crippen LogP contribution is -2.32. The molecular formula is C17H25NO5. The van der Waals surface area contributed by atoms with Gasteiger partial charge in [-0.15, -0.1) is 0 Å². The fourth-order valence-electron chi connectivity index (χ4n) is 1.97. The predicted molar refractivity (Wildman–Crippen MR) is 87.2 cm³/mol. The summed E-state index contributed by atoms with van der Waals surface area (Å²) in [4.78, 5) is 22.7. The van der Waals surface area contributed by atoms with E-state index in [0.29, 0.717) is 30.1 Å².